The molecule has 1 aliphatic carbocycles. The van der Waals surface area contributed by atoms with Crippen molar-refractivity contribution in [1.29, 1.82) is 0 Å². The standard InChI is InChI=1S/C30H31ClN2O5/c1-30(2,3)38-27(29(35)36)26-23(20-12-13-22-25(24(20)31)32-14-15-37-22)21-16-18(17-8-6-5-7-9-17)10-11-19(21)28(34)33(26)4/h6,8-13,16,27,32H,5,7,14-15H2,1-4H3,(H,35,36)/t27-/m1/s1. The number of benzene rings is 2. The summed E-state index contributed by atoms with van der Waals surface area (Å²) in [5.41, 5.74) is 2.90. The number of allylic oxidation sites excluding steroid dienone is 4. The number of carboxylic acids is 1. The van der Waals surface area contributed by atoms with Gasteiger partial charge in [-0.25, -0.2) is 4.79 Å². The van der Waals surface area contributed by atoms with E-state index in [9.17, 15) is 14.7 Å². The zero-order valence-corrected chi connectivity index (χ0v) is 22.7. The molecule has 0 saturated heterocycles. The van der Waals surface area contributed by atoms with Crippen molar-refractivity contribution in [2.75, 3.05) is 18.5 Å². The second-order valence-electron chi connectivity index (χ2n) is 10.5. The number of ether oxygens (including phenoxy) is 2. The van der Waals surface area contributed by atoms with Crippen LogP contribution in [-0.2, 0) is 16.6 Å². The Labute approximate surface area is 226 Å². The first-order chi connectivity index (χ1) is 18.1. The molecule has 0 unspecified atom stereocenters. The SMILES string of the molecule is Cn1c([C@@H](OC(C)(C)C)C(=O)O)c(-c2ccc3c(c2Cl)NCCO3)c2cc(C3=CCCC=C3)ccc2c1=O. The Morgan fingerprint density at radius 3 is 2.66 bits per heavy atom. The third kappa shape index (κ3) is 4.72. The van der Waals surface area contributed by atoms with Crippen LogP contribution in [0.25, 0.3) is 27.5 Å². The second-order valence-corrected chi connectivity index (χ2v) is 10.9. The van der Waals surface area contributed by atoms with Gasteiger partial charge in [-0.15, -0.1) is 0 Å². The lowest BCUT2D eigenvalue weighted by molar-refractivity contribution is -0.161. The van der Waals surface area contributed by atoms with Crippen LogP contribution in [0.3, 0.4) is 0 Å². The van der Waals surface area contributed by atoms with Crippen LogP contribution < -0.4 is 15.6 Å². The molecule has 0 radical (unpaired) electrons. The molecule has 0 spiro atoms. The summed E-state index contributed by atoms with van der Waals surface area (Å²) in [5, 5.41) is 15.1. The summed E-state index contributed by atoms with van der Waals surface area (Å²) in [7, 11) is 1.58. The van der Waals surface area contributed by atoms with Crippen molar-refractivity contribution in [2.45, 2.75) is 45.3 Å². The number of carboxylic acid groups (broad SMARTS) is 1. The Hall–Kier alpha value is -3.55. The molecular formula is C30H31ClN2O5. The quantitative estimate of drug-likeness (QED) is 0.397. The van der Waals surface area contributed by atoms with Gasteiger partial charge in [0.15, 0.2) is 6.10 Å². The Kier molecular flexibility index (Phi) is 6.84. The van der Waals surface area contributed by atoms with Gasteiger partial charge in [-0.3, -0.25) is 4.79 Å². The molecule has 0 fully saturated rings. The van der Waals surface area contributed by atoms with Gasteiger partial charge < -0.3 is 24.5 Å². The smallest absolute Gasteiger partial charge is 0.339 e. The van der Waals surface area contributed by atoms with Crippen LogP contribution in [0.15, 0.2) is 53.4 Å². The van der Waals surface area contributed by atoms with Crippen molar-refractivity contribution in [3.8, 4) is 16.9 Å². The van der Waals surface area contributed by atoms with Crippen LogP contribution >= 0.6 is 11.6 Å². The Morgan fingerprint density at radius 2 is 1.97 bits per heavy atom. The number of nitrogens with zero attached hydrogens (tertiary/aromatic N) is 1. The highest BCUT2D eigenvalue weighted by atomic mass is 35.5. The number of carbonyl (C=O) groups is 1. The van der Waals surface area contributed by atoms with Gasteiger partial charge in [0.25, 0.3) is 5.56 Å². The molecule has 3 aromatic rings. The minimum Gasteiger partial charge on any atom is -0.490 e. The average Bonchev–Trinajstić information content (AvgIpc) is 2.90. The monoisotopic (exact) mass is 534 g/mol. The maximum atomic E-state index is 13.7. The molecule has 2 aromatic carbocycles. The molecule has 1 aliphatic heterocycles. The normalized spacial score (nSPS) is 15.9. The third-order valence-corrected chi connectivity index (χ3v) is 7.14. The van der Waals surface area contributed by atoms with Gasteiger partial charge in [0.2, 0.25) is 0 Å². The molecule has 38 heavy (non-hydrogen) atoms. The molecule has 2 heterocycles. The van der Waals surface area contributed by atoms with E-state index in [1.54, 1.807) is 33.9 Å². The van der Waals surface area contributed by atoms with E-state index in [1.165, 1.54) is 4.57 Å². The summed E-state index contributed by atoms with van der Waals surface area (Å²) in [6.45, 7) is 6.47. The van der Waals surface area contributed by atoms with Gasteiger partial charge >= 0.3 is 5.97 Å². The maximum Gasteiger partial charge on any atom is 0.339 e. The number of fused-ring (bicyclic) bond motifs is 2. The molecule has 5 rings (SSSR count). The fraction of sp³-hybridized carbons (Fsp3) is 0.333. The van der Waals surface area contributed by atoms with Crippen molar-refractivity contribution in [3.63, 3.8) is 0 Å². The van der Waals surface area contributed by atoms with E-state index in [1.807, 2.05) is 24.3 Å². The summed E-state index contributed by atoms with van der Waals surface area (Å²) >= 11 is 6.99. The first-order valence-corrected chi connectivity index (χ1v) is 13.1. The van der Waals surface area contributed by atoms with Gasteiger partial charge in [-0.2, -0.15) is 0 Å². The van der Waals surface area contributed by atoms with Crippen molar-refractivity contribution in [3.05, 3.63) is 75.2 Å². The predicted molar refractivity (Wildman–Crippen MR) is 151 cm³/mol. The zero-order valence-electron chi connectivity index (χ0n) is 21.9. The Balaban J connectivity index is 1.90. The number of anilines is 1. The average molecular weight is 535 g/mol. The first kappa shape index (κ1) is 26.1. The van der Waals surface area contributed by atoms with Gasteiger partial charge in [-0.05, 0) is 74.4 Å². The van der Waals surface area contributed by atoms with Crippen molar-refractivity contribution in [1.82, 2.24) is 4.57 Å². The van der Waals surface area contributed by atoms with E-state index in [2.05, 4.69) is 23.5 Å². The summed E-state index contributed by atoms with van der Waals surface area (Å²) in [6.07, 6.45) is 6.86. The minimum atomic E-state index is -1.42. The first-order valence-electron chi connectivity index (χ1n) is 12.7. The summed E-state index contributed by atoms with van der Waals surface area (Å²) in [6, 6.07) is 9.32. The molecule has 8 heteroatoms. The molecule has 1 atom stereocenters. The fourth-order valence-electron chi connectivity index (χ4n) is 5.08. The molecule has 2 N–H and O–H groups in total. The highest BCUT2D eigenvalue weighted by Crippen LogP contribution is 2.46. The van der Waals surface area contributed by atoms with Crippen LogP contribution in [0.5, 0.6) is 5.75 Å². The van der Waals surface area contributed by atoms with Crippen molar-refractivity contribution < 1.29 is 19.4 Å². The van der Waals surface area contributed by atoms with Crippen LogP contribution in [0, 0.1) is 0 Å². The highest BCUT2D eigenvalue weighted by Gasteiger charge is 2.34. The van der Waals surface area contributed by atoms with Gasteiger partial charge in [0, 0.05) is 30.1 Å². The van der Waals surface area contributed by atoms with E-state index in [0.717, 1.165) is 24.0 Å². The fourth-order valence-corrected chi connectivity index (χ4v) is 5.40. The van der Waals surface area contributed by atoms with Crippen LogP contribution in [0.1, 0.15) is 51.0 Å². The second kappa shape index (κ2) is 9.97. The van der Waals surface area contributed by atoms with E-state index >= 15 is 0 Å². The number of halogens is 1. The van der Waals surface area contributed by atoms with E-state index in [-0.39, 0.29) is 11.3 Å². The largest absolute Gasteiger partial charge is 0.490 e. The lowest BCUT2D eigenvalue weighted by atomic mass is 9.90. The highest BCUT2D eigenvalue weighted by molar-refractivity contribution is 6.37. The molecule has 7 nitrogen and oxygen atoms in total. The van der Waals surface area contributed by atoms with Crippen LogP contribution in [0.4, 0.5) is 5.69 Å². The summed E-state index contributed by atoms with van der Waals surface area (Å²) < 4.78 is 13.2. The number of aliphatic carboxylic acids is 1. The van der Waals surface area contributed by atoms with E-state index < -0.39 is 17.7 Å². The summed E-state index contributed by atoms with van der Waals surface area (Å²) in [4.78, 5) is 26.3. The number of pyridine rings is 1. The topological polar surface area (TPSA) is 89.8 Å². The number of hydrogen-bond acceptors (Lipinski definition) is 5. The van der Waals surface area contributed by atoms with E-state index in [4.69, 9.17) is 21.1 Å². The molecular weight excluding hydrogens is 504 g/mol. The minimum absolute atomic E-state index is 0.230. The maximum absolute atomic E-state index is 13.7. The summed E-state index contributed by atoms with van der Waals surface area (Å²) in [5.74, 6) is -0.570. The molecule has 0 bridgehead atoms. The lowest BCUT2D eigenvalue weighted by Crippen LogP contribution is -2.33. The third-order valence-electron chi connectivity index (χ3n) is 6.75. The van der Waals surface area contributed by atoms with Gasteiger partial charge in [0.1, 0.15) is 12.4 Å². The van der Waals surface area contributed by atoms with Crippen molar-refractivity contribution >= 4 is 39.6 Å². The van der Waals surface area contributed by atoms with Crippen molar-refractivity contribution in [2.24, 2.45) is 7.05 Å². The molecule has 2 aliphatic rings. The predicted octanol–water partition coefficient (Wildman–Crippen LogP) is 6.34. The zero-order chi connectivity index (χ0) is 27.2. The molecule has 198 valence electrons. The Bertz CT molecular complexity index is 1560. The molecule has 1 aromatic heterocycles. The number of aromatic nitrogens is 1. The molecule has 0 amide bonds. The number of rotatable bonds is 5. The Morgan fingerprint density at radius 1 is 1.18 bits per heavy atom. The van der Waals surface area contributed by atoms with Crippen LogP contribution in [-0.4, -0.2) is 34.4 Å². The van der Waals surface area contributed by atoms with Gasteiger partial charge in [0.05, 0.1) is 22.0 Å². The number of nitrogens with one attached hydrogen (secondary N) is 1. The van der Waals surface area contributed by atoms with Gasteiger partial charge in [-0.1, -0.05) is 35.9 Å². The van der Waals surface area contributed by atoms with Crippen LogP contribution in [0.2, 0.25) is 5.02 Å². The lowest BCUT2D eigenvalue weighted by Gasteiger charge is -2.29. The number of hydrogen-bond donors (Lipinski definition) is 2. The molecule has 0 saturated carbocycles. The van der Waals surface area contributed by atoms with E-state index in [0.29, 0.717) is 51.5 Å².